The molecule has 0 aliphatic carbocycles. The third-order valence-electron chi connectivity index (χ3n) is 2.24. The lowest BCUT2D eigenvalue weighted by molar-refractivity contribution is 0.154. The summed E-state index contributed by atoms with van der Waals surface area (Å²) in [5, 5.41) is 1.16. The number of rotatable bonds is 7. The summed E-state index contributed by atoms with van der Waals surface area (Å²) in [6.07, 6.45) is 2.03. The Morgan fingerprint density at radius 3 is 2.81 bits per heavy atom. The van der Waals surface area contributed by atoms with E-state index in [1.165, 1.54) is 11.5 Å². The van der Waals surface area contributed by atoms with Crippen LogP contribution in [-0.2, 0) is 4.74 Å². The fraction of sp³-hybridized carbons (Fsp3) is 0.700. The van der Waals surface area contributed by atoms with Crippen LogP contribution in [0.5, 0.6) is 0 Å². The fourth-order valence-corrected chi connectivity index (χ4v) is 3.18. The fourth-order valence-electron chi connectivity index (χ4n) is 1.40. The molecule has 6 heteroatoms. The summed E-state index contributed by atoms with van der Waals surface area (Å²) >= 11 is 3.12. The van der Waals surface area contributed by atoms with Crippen LogP contribution < -0.4 is 10.6 Å². The lowest BCUT2D eigenvalue weighted by Crippen LogP contribution is -2.26. The predicted octanol–water partition coefficient (Wildman–Crippen LogP) is 2.31. The number of thioether (sulfide) groups is 1. The summed E-state index contributed by atoms with van der Waals surface area (Å²) in [4.78, 5) is 3.35. The maximum atomic E-state index is 5.82. The molecule has 1 heterocycles. The minimum Gasteiger partial charge on any atom is -0.382 e. The molecule has 0 atom stereocenters. The summed E-state index contributed by atoms with van der Waals surface area (Å²) in [5.41, 5.74) is 5.82. The molecule has 4 nitrogen and oxygen atoms in total. The van der Waals surface area contributed by atoms with E-state index in [0.29, 0.717) is 5.82 Å². The van der Waals surface area contributed by atoms with Crippen molar-refractivity contribution in [2.75, 3.05) is 43.2 Å². The van der Waals surface area contributed by atoms with Crippen molar-refractivity contribution in [2.45, 2.75) is 18.7 Å². The van der Waals surface area contributed by atoms with Crippen LogP contribution in [0, 0.1) is 0 Å². The minimum atomic E-state index is 0.641. The maximum Gasteiger partial charge on any atom is 0.153 e. The molecule has 0 saturated heterocycles. The van der Waals surface area contributed by atoms with Gasteiger partial charge < -0.3 is 15.4 Å². The number of anilines is 2. The molecule has 2 N–H and O–H groups in total. The Morgan fingerprint density at radius 2 is 2.25 bits per heavy atom. The van der Waals surface area contributed by atoms with Crippen molar-refractivity contribution in [3.63, 3.8) is 0 Å². The van der Waals surface area contributed by atoms with Gasteiger partial charge in [0, 0.05) is 19.7 Å². The summed E-state index contributed by atoms with van der Waals surface area (Å²) in [5.74, 6) is 0.641. The third-order valence-corrected chi connectivity index (χ3v) is 4.10. The molecule has 0 unspecified atom stereocenters. The smallest absolute Gasteiger partial charge is 0.153 e. The molecule has 0 spiro atoms. The van der Waals surface area contributed by atoms with Crippen molar-refractivity contribution in [3.05, 3.63) is 0 Å². The van der Waals surface area contributed by atoms with Gasteiger partial charge in [0.15, 0.2) is 5.82 Å². The van der Waals surface area contributed by atoms with Crippen LogP contribution in [0.3, 0.4) is 0 Å². The molecule has 0 aromatic carbocycles. The summed E-state index contributed by atoms with van der Waals surface area (Å²) < 4.78 is 9.57. The molecular formula is C10H19N3OS2. The summed E-state index contributed by atoms with van der Waals surface area (Å²) in [7, 11) is 0. The van der Waals surface area contributed by atoms with Gasteiger partial charge in [-0.1, -0.05) is 0 Å². The van der Waals surface area contributed by atoms with Crippen LogP contribution in [0.1, 0.15) is 13.8 Å². The second-order valence-corrected chi connectivity index (χ2v) is 4.75. The molecule has 0 radical (unpaired) electrons. The standard InChI is InChI=1S/C10H19N3OS2/c1-4-13(6-7-14-5-2)10-8(15-3)9(11)12-16-10/h4-7H2,1-3H3,(H2,11,12). The van der Waals surface area contributed by atoms with Gasteiger partial charge in [0.1, 0.15) is 5.00 Å². The molecule has 0 bridgehead atoms. The van der Waals surface area contributed by atoms with Crippen molar-refractivity contribution < 1.29 is 4.74 Å². The van der Waals surface area contributed by atoms with Crippen molar-refractivity contribution in [1.82, 2.24) is 4.37 Å². The number of nitrogen functional groups attached to an aromatic ring is 1. The van der Waals surface area contributed by atoms with E-state index < -0.39 is 0 Å². The van der Waals surface area contributed by atoms with Crippen LogP contribution in [0.25, 0.3) is 0 Å². The highest BCUT2D eigenvalue weighted by Crippen LogP contribution is 2.37. The van der Waals surface area contributed by atoms with E-state index in [0.717, 1.165) is 36.2 Å². The first kappa shape index (κ1) is 13.6. The summed E-state index contributed by atoms with van der Waals surface area (Å²) in [6.45, 7) is 7.48. The van der Waals surface area contributed by atoms with Crippen LogP contribution in [0.2, 0.25) is 0 Å². The van der Waals surface area contributed by atoms with E-state index in [-0.39, 0.29) is 0 Å². The Balaban J connectivity index is 2.70. The van der Waals surface area contributed by atoms with Gasteiger partial charge in [-0.25, -0.2) is 0 Å². The number of nitrogens with zero attached hydrogens (tertiary/aromatic N) is 2. The highest BCUT2D eigenvalue weighted by atomic mass is 32.2. The SMILES string of the molecule is CCOCCN(CC)c1snc(N)c1SC. The predicted molar refractivity (Wildman–Crippen MR) is 72.7 cm³/mol. The van der Waals surface area contributed by atoms with Gasteiger partial charge in [0.25, 0.3) is 0 Å². The zero-order valence-corrected chi connectivity index (χ0v) is 11.7. The number of hydrogen-bond donors (Lipinski definition) is 1. The first-order valence-corrected chi connectivity index (χ1v) is 7.36. The second-order valence-electron chi connectivity index (χ2n) is 3.18. The lowest BCUT2D eigenvalue weighted by Gasteiger charge is -2.21. The molecule has 0 aliphatic rings. The molecule has 0 aliphatic heterocycles. The summed E-state index contributed by atoms with van der Waals surface area (Å²) in [6, 6.07) is 0. The van der Waals surface area contributed by atoms with Crippen molar-refractivity contribution in [1.29, 1.82) is 0 Å². The molecule has 0 amide bonds. The van der Waals surface area contributed by atoms with E-state index in [1.807, 2.05) is 13.2 Å². The molecule has 0 saturated carbocycles. The van der Waals surface area contributed by atoms with Gasteiger partial charge in [-0.05, 0) is 31.6 Å². The lowest BCUT2D eigenvalue weighted by atomic mass is 10.4. The zero-order chi connectivity index (χ0) is 12.0. The zero-order valence-electron chi connectivity index (χ0n) is 10.0. The van der Waals surface area contributed by atoms with Crippen molar-refractivity contribution in [3.8, 4) is 0 Å². The van der Waals surface area contributed by atoms with Gasteiger partial charge in [0.2, 0.25) is 0 Å². The van der Waals surface area contributed by atoms with E-state index in [1.54, 1.807) is 11.8 Å². The van der Waals surface area contributed by atoms with Crippen LogP contribution >= 0.6 is 23.3 Å². The van der Waals surface area contributed by atoms with Crippen LogP contribution in [0.4, 0.5) is 10.8 Å². The molecular weight excluding hydrogens is 242 g/mol. The van der Waals surface area contributed by atoms with E-state index in [2.05, 4.69) is 16.2 Å². The highest BCUT2D eigenvalue weighted by molar-refractivity contribution is 7.99. The number of likely N-dealkylation sites (N-methyl/N-ethyl adjacent to an activating group) is 1. The molecule has 16 heavy (non-hydrogen) atoms. The second kappa shape index (κ2) is 6.98. The van der Waals surface area contributed by atoms with Gasteiger partial charge in [-0.2, -0.15) is 4.37 Å². The number of nitrogens with two attached hydrogens (primary N) is 1. The quantitative estimate of drug-likeness (QED) is 0.603. The Hall–Kier alpha value is -0.460. The number of aromatic nitrogens is 1. The Morgan fingerprint density at radius 1 is 1.50 bits per heavy atom. The highest BCUT2D eigenvalue weighted by Gasteiger charge is 2.15. The average molecular weight is 261 g/mol. The Bertz CT molecular complexity index is 317. The average Bonchev–Trinajstić information content (AvgIpc) is 2.66. The number of hydrogen-bond acceptors (Lipinski definition) is 6. The van der Waals surface area contributed by atoms with Gasteiger partial charge in [-0.3, -0.25) is 0 Å². The molecule has 92 valence electrons. The van der Waals surface area contributed by atoms with Crippen molar-refractivity contribution in [2.24, 2.45) is 0 Å². The first-order valence-electron chi connectivity index (χ1n) is 5.36. The van der Waals surface area contributed by atoms with Crippen LogP contribution in [-0.4, -0.2) is 36.9 Å². The maximum absolute atomic E-state index is 5.82. The van der Waals surface area contributed by atoms with E-state index in [4.69, 9.17) is 10.5 Å². The van der Waals surface area contributed by atoms with Crippen LogP contribution in [0.15, 0.2) is 4.90 Å². The molecule has 1 rings (SSSR count). The number of ether oxygens (including phenoxy) is 1. The first-order chi connectivity index (χ1) is 7.74. The monoisotopic (exact) mass is 261 g/mol. The molecule has 1 aromatic heterocycles. The molecule has 1 aromatic rings. The Labute approximate surface area is 105 Å². The van der Waals surface area contributed by atoms with Crippen molar-refractivity contribution >= 4 is 34.1 Å². The van der Waals surface area contributed by atoms with Gasteiger partial charge in [-0.15, -0.1) is 11.8 Å². The van der Waals surface area contributed by atoms with Gasteiger partial charge in [0.05, 0.1) is 11.5 Å². The van der Waals surface area contributed by atoms with E-state index in [9.17, 15) is 0 Å². The van der Waals surface area contributed by atoms with Gasteiger partial charge >= 0.3 is 0 Å². The molecule has 0 fully saturated rings. The third kappa shape index (κ3) is 3.26. The Kier molecular flexibility index (Phi) is 5.94. The topological polar surface area (TPSA) is 51.4 Å². The normalized spacial score (nSPS) is 10.7. The minimum absolute atomic E-state index is 0.641. The van der Waals surface area contributed by atoms with E-state index >= 15 is 0 Å². The largest absolute Gasteiger partial charge is 0.382 e.